The van der Waals surface area contributed by atoms with E-state index in [9.17, 15) is 0 Å². The molecular formula is C54H38N2Si. The van der Waals surface area contributed by atoms with Crippen LogP contribution in [-0.4, -0.2) is 17.2 Å². The molecule has 2 aromatic heterocycles. The lowest BCUT2D eigenvalue weighted by Crippen LogP contribution is -2.75. The average Bonchev–Trinajstić information content (AvgIpc) is 3.81. The zero-order chi connectivity index (χ0) is 37.8. The summed E-state index contributed by atoms with van der Waals surface area (Å²) in [6.07, 6.45) is 0. The van der Waals surface area contributed by atoms with E-state index in [1.165, 1.54) is 75.5 Å². The van der Waals surface area contributed by atoms with E-state index in [1.807, 2.05) is 0 Å². The van der Waals surface area contributed by atoms with Crippen molar-refractivity contribution >= 4 is 72.4 Å². The fourth-order valence-corrected chi connectivity index (χ4v) is 14.6. The third-order valence-electron chi connectivity index (χ3n) is 11.8. The Morgan fingerprint density at radius 2 is 0.702 bits per heavy atom. The highest BCUT2D eigenvalue weighted by molar-refractivity contribution is 7.20. The van der Waals surface area contributed by atoms with Gasteiger partial charge in [-0.2, -0.15) is 0 Å². The lowest BCUT2D eigenvalue weighted by atomic mass is 9.96. The molecule has 0 radical (unpaired) electrons. The van der Waals surface area contributed by atoms with Gasteiger partial charge in [0.2, 0.25) is 0 Å². The molecule has 0 amide bonds. The van der Waals surface area contributed by atoms with Crippen LogP contribution in [0.15, 0.2) is 231 Å². The highest BCUT2D eigenvalue weighted by Crippen LogP contribution is 2.46. The second-order valence-electron chi connectivity index (χ2n) is 14.8. The topological polar surface area (TPSA) is 9.86 Å². The summed E-state index contributed by atoms with van der Waals surface area (Å²) in [4.78, 5) is 0. The number of benzene rings is 9. The van der Waals surface area contributed by atoms with Crippen molar-refractivity contribution in [1.29, 1.82) is 0 Å². The smallest absolute Gasteiger partial charge is 0.180 e. The fraction of sp³-hybridized carbons (Fsp3) is 0. The van der Waals surface area contributed by atoms with Crippen LogP contribution in [-0.2, 0) is 0 Å². The van der Waals surface area contributed by atoms with Crippen molar-refractivity contribution in [2.24, 2.45) is 0 Å². The van der Waals surface area contributed by atoms with E-state index in [2.05, 4.69) is 240 Å². The quantitative estimate of drug-likeness (QED) is 0.114. The molecule has 0 saturated heterocycles. The number of hydrogen-bond donors (Lipinski definition) is 0. The van der Waals surface area contributed by atoms with Gasteiger partial charge in [-0.1, -0.05) is 188 Å². The molecule has 0 fully saturated rings. The zero-order valence-electron chi connectivity index (χ0n) is 31.3. The van der Waals surface area contributed by atoms with Gasteiger partial charge in [0.25, 0.3) is 0 Å². The minimum Gasteiger partial charge on any atom is -0.309 e. The molecule has 9 aromatic carbocycles. The van der Waals surface area contributed by atoms with Crippen LogP contribution in [0.1, 0.15) is 0 Å². The molecule has 11 aromatic rings. The minimum absolute atomic E-state index is 1.14. The van der Waals surface area contributed by atoms with Gasteiger partial charge in [0.1, 0.15) is 0 Å². The Morgan fingerprint density at radius 1 is 0.298 bits per heavy atom. The summed E-state index contributed by atoms with van der Waals surface area (Å²) in [6.45, 7) is 0. The molecule has 0 spiro atoms. The monoisotopic (exact) mass is 742 g/mol. The van der Waals surface area contributed by atoms with Crippen molar-refractivity contribution in [3.63, 3.8) is 0 Å². The molecule has 11 rings (SSSR count). The maximum absolute atomic E-state index is 2.93. The summed E-state index contributed by atoms with van der Waals surface area (Å²) in [6, 6.07) is 85.3. The first kappa shape index (κ1) is 33.2. The van der Waals surface area contributed by atoms with Crippen LogP contribution in [0.4, 0.5) is 0 Å². The molecule has 268 valence electrons. The van der Waals surface area contributed by atoms with Crippen LogP contribution >= 0.6 is 0 Å². The van der Waals surface area contributed by atoms with Gasteiger partial charge in [-0.3, -0.25) is 0 Å². The molecule has 57 heavy (non-hydrogen) atoms. The van der Waals surface area contributed by atoms with Crippen LogP contribution in [0.2, 0.25) is 0 Å². The van der Waals surface area contributed by atoms with Gasteiger partial charge < -0.3 is 9.13 Å². The molecule has 3 heteroatoms. The largest absolute Gasteiger partial charge is 0.309 e. The normalized spacial score (nSPS) is 11.9. The van der Waals surface area contributed by atoms with E-state index < -0.39 is 8.07 Å². The van der Waals surface area contributed by atoms with Crippen molar-refractivity contribution < 1.29 is 0 Å². The molecular weight excluding hydrogens is 705 g/mol. The number of para-hydroxylation sites is 4. The summed E-state index contributed by atoms with van der Waals surface area (Å²) in [5.41, 5.74) is 9.58. The van der Waals surface area contributed by atoms with Crippen LogP contribution in [0, 0.1) is 0 Å². The Bertz CT molecular complexity index is 3110. The molecule has 0 aliphatic carbocycles. The molecule has 2 nitrogen and oxygen atoms in total. The fourth-order valence-electron chi connectivity index (χ4n) is 9.59. The second-order valence-corrected chi connectivity index (χ2v) is 18.6. The molecule has 0 bridgehead atoms. The van der Waals surface area contributed by atoms with Crippen molar-refractivity contribution in [3.05, 3.63) is 231 Å². The lowest BCUT2D eigenvalue weighted by Gasteiger charge is -2.36. The van der Waals surface area contributed by atoms with Crippen molar-refractivity contribution in [1.82, 2.24) is 9.13 Å². The van der Waals surface area contributed by atoms with Gasteiger partial charge in [0.15, 0.2) is 8.07 Å². The summed E-state index contributed by atoms with van der Waals surface area (Å²) >= 11 is 0. The van der Waals surface area contributed by atoms with Crippen LogP contribution < -0.4 is 20.7 Å². The lowest BCUT2D eigenvalue weighted by molar-refractivity contribution is 1.17. The third kappa shape index (κ3) is 5.03. The van der Waals surface area contributed by atoms with E-state index in [0.717, 1.165) is 11.4 Å². The van der Waals surface area contributed by atoms with E-state index >= 15 is 0 Å². The average molecular weight is 743 g/mol. The molecule has 2 heterocycles. The van der Waals surface area contributed by atoms with E-state index in [4.69, 9.17) is 0 Å². The highest BCUT2D eigenvalue weighted by Gasteiger charge is 2.43. The van der Waals surface area contributed by atoms with Gasteiger partial charge >= 0.3 is 0 Å². The Balaban J connectivity index is 1.39. The molecule has 0 saturated carbocycles. The van der Waals surface area contributed by atoms with Crippen molar-refractivity contribution in [2.75, 3.05) is 0 Å². The summed E-state index contributed by atoms with van der Waals surface area (Å²) in [5.74, 6) is 0. The summed E-state index contributed by atoms with van der Waals surface area (Å²) < 4.78 is 4.98. The number of hydrogen-bond acceptors (Lipinski definition) is 0. The Labute approximate surface area is 333 Å². The number of fused-ring (bicyclic) bond motifs is 7. The van der Waals surface area contributed by atoms with E-state index in [0.29, 0.717) is 0 Å². The standard InChI is InChI=1S/C54H38N2Si/c1-6-22-39(23-7-1)55-48-35-19-17-34-46(48)53-50(55)38-47(52-45-33-16-20-36-49(45)56(54(52)53)40-24-8-2-9-25-40)44-32-18-21-37-51(44)57(41-26-10-3-11-27-41,42-28-12-4-13-29-42)43-30-14-5-15-31-43/h1-38H. The SMILES string of the molecule is c1ccc(-n2c3ccccc3c3c2cc(-c2ccccc2[Si](c2ccccc2)(c2ccccc2)c2ccccc2)c2c4ccccc4n(-c4ccccc4)c23)cc1. The maximum Gasteiger partial charge on any atom is 0.180 e. The van der Waals surface area contributed by atoms with Gasteiger partial charge in [0.05, 0.1) is 22.1 Å². The first-order chi connectivity index (χ1) is 28.3. The summed E-state index contributed by atoms with van der Waals surface area (Å²) in [5, 5.41) is 10.4. The summed E-state index contributed by atoms with van der Waals surface area (Å²) in [7, 11) is -2.93. The van der Waals surface area contributed by atoms with Gasteiger partial charge in [0, 0.05) is 32.9 Å². The zero-order valence-corrected chi connectivity index (χ0v) is 32.3. The second kappa shape index (κ2) is 13.5. The molecule has 0 aliphatic heterocycles. The Morgan fingerprint density at radius 3 is 1.25 bits per heavy atom. The van der Waals surface area contributed by atoms with Gasteiger partial charge in [-0.25, -0.2) is 0 Å². The first-order valence-electron chi connectivity index (χ1n) is 19.7. The number of rotatable bonds is 7. The van der Waals surface area contributed by atoms with Gasteiger partial charge in [-0.05, 0) is 74.3 Å². The Hall–Kier alpha value is -7.20. The Kier molecular flexibility index (Phi) is 7.87. The van der Waals surface area contributed by atoms with E-state index in [1.54, 1.807) is 0 Å². The van der Waals surface area contributed by atoms with Crippen molar-refractivity contribution in [3.8, 4) is 22.5 Å². The molecule has 0 N–H and O–H groups in total. The van der Waals surface area contributed by atoms with Gasteiger partial charge in [-0.15, -0.1) is 0 Å². The third-order valence-corrected chi connectivity index (χ3v) is 16.7. The van der Waals surface area contributed by atoms with Crippen LogP contribution in [0.3, 0.4) is 0 Å². The van der Waals surface area contributed by atoms with Crippen LogP contribution in [0.5, 0.6) is 0 Å². The van der Waals surface area contributed by atoms with E-state index in [-0.39, 0.29) is 0 Å². The predicted molar refractivity (Wildman–Crippen MR) is 244 cm³/mol. The van der Waals surface area contributed by atoms with Crippen LogP contribution in [0.25, 0.3) is 66.1 Å². The molecule has 0 atom stereocenters. The molecule has 0 unspecified atom stereocenters. The van der Waals surface area contributed by atoms with Crippen molar-refractivity contribution in [2.45, 2.75) is 0 Å². The predicted octanol–water partition coefficient (Wildman–Crippen LogP) is 10.9. The highest BCUT2D eigenvalue weighted by atomic mass is 28.3. The maximum atomic E-state index is 2.51. The molecule has 0 aliphatic rings. The number of nitrogens with zero attached hydrogens (tertiary/aromatic N) is 2. The minimum atomic E-state index is -2.93. The first-order valence-corrected chi connectivity index (χ1v) is 21.7. The number of aromatic nitrogens is 2.